The van der Waals surface area contributed by atoms with E-state index in [0.717, 1.165) is 31.6 Å². The third-order valence-electron chi connectivity index (χ3n) is 4.34. The molecule has 2 fully saturated rings. The van der Waals surface area contributed by atoms with Crippen molar-refractivity contribution in [1.82, 2.24) is 4.90 Å². The molecule has 0 radical (unpaired) electrons. The minimum Gasteiger partial charge on any atom is -0.495 e. The Balaban J connectivity index is 1.76. The van der Waals surface area contributed by atoms with Gasteiger partial charge in [-0.05, 0) is 38.5 Å². The van der Waals surface area contributed by atoms with E-state index in [1.54, 1.807) is 6.26 Å². The second-order valence-corrected chi connectivity index (χ2v) is 5.48. The molecule has 0 aromatic rings. The molecule has 3 heteroatoms. The molecular formula is C14H21NO2. The van der Waals surface area contributed by atoms with Gasteiger partial charge in [0, 0.05) is 13.1 Å². The van der Waals surface area contributed by atoms with E-state index in [0.29, 0.717) is 5.78 Å². The summed E-state index contributed by atoms with van der Waals surface area (Å²) in [5.74, 6) is 0.494. The van der Waals surface area contributed by atoms with E-state index in [2.05, 4.69) is 4.90 Å². The number of rotatable bonds is 1. The lowest BCUT2D eigenvalue weighted by Crippen LogP contribution is -2.43. The molecule has 94 valence electrons. The van der Waals surface area contributed by atoms with Gasteiger partial charge in [0.05, 0.1) is 5.92 Å². The Bertz CT molecular complexity index is 331. The van der Waals surface area contributed by atoms with E-state index in [4.69, 9.17) is 4.74 Å². The monoisotopic (exact) mass is 235 g/mol. The Labute approximate surface area is 103 Å². The fourth-order valence-corrected chi connectivity index (χ4v) is 3.32. The van der Waals surface area contributed by atoms with Crippen LogP contribution >= 0.6 is 0 Å². The Kier molecular flexibility index (Phi) is 3.08. The number of ether oxygens (including phenoxy) is 1. The first kappa shape index (κ1) is 11.1. The smallest absolute Gasteiger partial charge is 0.188 e. The molecule has 3 nitrogen and oxygen atoms in total. The molecule has 1 saturated carbocycles. The molecule has 1 saturated heterocycles. The molecule has 2 aliphatic heterocycles. The van der Waals surface area contributed by atoms with Crippen LogP contribution < -0.4 is 0 Å². The number of nitrogens with zero attached hydrogens (tertiary/aromatic N) is 1. The predicted molar refractivity (Wildman–Crippen MR) is 65.3 cm³/mol. The highest BCUT2D eigenvalue weighted by molar-refractivity contribution is 5.97. The first-order valence-corrected chi connectivity index (χ1v) is 7.01. The molecule has 2 atom stereocenters. The Hall–Kier alpha value is -0.990. The highest BCUT2D eigenvalue weighted by Gasteiger charge is 2.38. The van der Waals surface area contributed by atoms with Gasteiger partial charge in [-0.15, -0.1) is 0 Å². The van der Waals surface area contributed by atoms with Gasteiger partial charge in [-0.2, -0.15) is 0 Å². The second-order valence-electron chi connectivity index (χ2n) is 5.48. The average molecular weight is 235 g/mol. The standard InChI is InChI=1S/C14H21NO2/c16-14-11-6-2-3-7-13(11)17-10-12(14)15-8-4-1-5-9-15/h10-11,13H,1-9H2. The predicted octanol–water partition coefficient (Wildman–Crippen LogP) is 2.47. The van der Waals surface area contributed by atoms with Crippen LogP contribution in [-0.2, 0) is 9.53 Å². The van der Waals surface area contributed by atoms with Crippen LogP contribution in [0.25, 0.3) is 0 Å². The fraction of sp³-hybridized carbons (Fsp3) is 0.786. The number of carbonyl (C=O) groups is 1. The van der Waals surface area contributed by atoms with Gasteiger partial charge in [0.25, 0.3) is 0 Å². The van der Waals surface area contributed by atoms with Crippen LogP contribution in [0.15, 0.2) is 12.0 Å². The van der Waals surface area contributed by atoms with E-state index in [1.165, 1.54) is 32.1 Å². The molecule has 3 rings (SSSR count). The molecule has 2 heterocycles. The van der Waals surface area contributed by atoms with Crippen molar-refractivity contribution in [2.24, 2.45) is 5.92 Å². The first-order valence-electron chi connectivity index (χ1n) is 7.01. The number of ketones is 1. The summed E-state index contributed by atoms with van der Waals surface area (Å²) in [6, 6.07) is 0. The zero-order valence-electron chi connectivity index (χ0n) is 10.4. The number of fused-ring (bicyclic) bond motifs is 1. The molecule has 1 aliphatic carbocycles. The van der Waals surface area contributed by atoms with Crippen molar-refractivity contribution in [3.05, 3.63) is 12.0 Å². The number of carbonyl (C=O) groups excluding carboxylic acids is 1. The highest BCUT2D eigenvalue weighted by Crippen LogP contribution is 2.34. The Morgan fingerprint density at radius 1 is 1.06 bits per heavy atom. The van der Waals surface area contributed by atoms with Gasteiger partial charge >= 0.3 is 0 Å². The lowest BCUT2D eigenvalue weighted by molar-refractivity contribution is -0.129. The number of piperidine rings is 1. The summed E-state index contributed by atoms with van der Waals surface area (Å²) in [5, 5.41) is 0. The normalized spacial score (nSPS) is 33.8. The maximum atomic E-state index is 12.5. The SMILES string of the molecule is O=C1C(N2CCCCC2)=COC2CCCCC12. The fourth-order valence-electron chi connectivity index (χ4n) is 3.32. The summed E-state index contributed by atoms with van der Waals surface area (Å²) in [6.07, 6.45) is 10.1. The van der Waals surface area contributed by atoms with Crippen molar-refractivity contribution in [3.63, 3.8) is 0 Å². The molecule has 17 heavy (non-hydrogen) atoms. The summed E-state index contributed by atoms with van der Waals surface area (Å²) < 4.78 is 5.79. The average Bonchev–Trinajstić information content (AvgIpc) is 2.40. The summed E-state index contributed by atoms with van der Waals surface area (Å²) in [6.45, 7) is 2.05. The van der Waals surface area contributed by atoms with Gasteiger partial charge in [0.2, 0.25) is 0 Å². The van der Waals surface area contributed by atoms with Gasteiger partial charge in [-0.25, -0.2) is 0 Å². The van der Waals surface area contributed by atoms with Gasteiger partial charge in [0.15, 0.2) is 5.78 Å². The van der Waals surface area contributed by atoms with Crippen LogP contribution in [0.1, 0.15) is 44.9 Å². The van der Waals surface area contributed by atoms with Gasteiger partial charge in [-0.3, -0.25) is 4.79 Å². The molecule has 3 aliphatic rings. The summed E-state index contributed by atoms with van der Waals surface area (Å²) in [7, 11) is 0. The van der Waals surface area contributed by atoms with E-state index < -0.39 is 0 Å². The zero-order valence-corrected chi connectivity index (χ0v) is 10.4. The van der Waals surface area contributed by atoms with Crippen molar-refractivity contribution in [3.8, 4) is 0 Å². The molecule has 0 bridgehead atoms. The molecule has 0 aromatic carbocycles. The van der Waals surface area contributed by atoms with Crippen LogP contribution in [0.3, 0.4) is 0 Å². The largest absolute Gasteiger partial charge is 0.495 e. The second kappa shape index (κ2) is 4.71. The first-order chi connectivity index (χ1) is 8.36. The molecule has 0 N–H and O–H groups in total. The van der Waals surface area contributed by atoms with Crippen molar-refractivity contribution in [1.29, 1.82) is 0 Å². The molecule has 0 amide bonds. The van der Waals surface area contributed by atoms with Crippen LogP contribution in [0.5, 0.6) is 0 Å². The topological polar surface area (TPSA) is 29.5 Å². The van der Waals surface area contributed by atoms with Crippen LogP contribution in [0.2, 0.25) is 0 Å². The van der Waals surface area contributed by atoms with Crippen molar-refractivity contribution in [2.45, 2.75) is 51.0 Å². The number of allylic oxidation sites excluding steroid dienone is 1. The van der Waals surface area contributed by atoms with E-state index >= 15 is 0 Å². The van der Waals surface area contributed by atoms with Crippen molar-refractivity contribution < 1.29 is 9.53 Å². The zero-order chi connectivity index (χ0) is 11.7. The third kappa shape index (κ3) is 2.07. The van der Waals surface area contributed by atoms with Crippen molar-refractivity contribution >= 4 is 5.78 Å². The summed E-state index contributed by atoms with van der Waals surface area (Å²) in [5.41, 5.74) is 0.854. The lowest BCUT2D eigenvalue weighted by atomic mass is 9.81. The summed E-state index contributed by atoms with van der Waals surface area (Å²) >= 11 is 0. The van der Waals surface area contributed by atoms with Crippen LogP contribution in [-0.4, -0.2) is 29.9 Å². The maximum absolute atomic E-state index is 12.5. The van der Waals surface area contributed by atoms with Gasteiger partial charge in [0.1, 0.15) is 18.1 Å². The minimum atomic E-state index is 0.144. The van der Waals surface area contributed by atoms with E-state index in [-0.39, 0.29) is 12.0 Å². The van der Waals surface area contributed by atoms with E-state index in [9.17, 15) is 4.79 Å². The summed E-state index contributed by atoms with van der Waals surface area (Å²) in [4.78, 5) is 14.7. The number of likely N-dealkylation sites (tertiary alicyclic amines) is 1. The quantitative estimate of drug-likeness (QED) is 0.699. The molecule has 2 unspecified atom stereocenters. The van der Waals surface area contributed by atoms with Gasteiger partial charge < -0.3 is 9.64 Å². The minimum absolute atomic E-state index is 0.144. The van der Waals surface area contributed by atoms with E-state index in [1.807, 2.05) is 0 Å². The van der Waals surface area contributed by atoms with Crippen LogP contribution in [0.4, 0.5) is 0 Å². The van der Waals surface area contributed by atoms with Crippen LogP contribution in [0, 0.1) is 5.92 Å². The number of hydrogen-bond acceptors (Lipinski definition) is 3. The maximum Gasteiger partial charge on any atom is 0.188 e. The Morgan fingerprint density at radius 3 is 2.65 bits per heavy atom. The Morgan fingerprint density at radius 2 is 1.82 bits per heavy atom. The number of Topliss-reactive ketones (excluding diaryl/α,β-unsaturated/α-hetero) is 1. The molecule has 0 spiro atoms. The molecule has 0 aromatic heterocycles. The highest BCUT2D eigenvalue weighted by atomic mass is 16.5. The van der Waals surface area contributed by atoms with Gasteiger partial charge in [-0.1, -0.05) is 6.42 Å². The number of hydrogen-bond donors (Lipinski definition) is 0. The lowest BCUT2D eigenvalue weighted by Gasteiger charge is -2.38. The molecular weight excluding hydrogens is 214 g/mol. The van der Waals surface area contributed by atoms with Crippen molar-refractivity contribution in [2.75, 3.05) is 13.1 Å². The third-order valence-corrected chi connectivity index (χ3v) is 4.34.